The Kier molecular flexibility index (Phi) is 3.37. The Morgan fingerprint density at radius 2 is 2.05 bits per heavy atom. The minimum Gasteiger partial charge on any atom is -0.324 e. The molecule has 0 radical (unpaired) electrons. The summed E-state index contributed by atoms with van der Waals surface area (Å²) in [6.07, 6.45) is 4.05. The molecule has 1 amide bonds. The first-order valence-corrected chi connectivity index (χ1v) is 7.85. The summed E-state index contributed by atoms with van der Waals surface area (Å²) in [5.41, 5.74) is 6.33. The Bertz CT molecular complexity index is 623. The van der Waals surface area contributed by atoms with Crippen molar-refractivity contribution >= 4 is 11.6 Å². The van der Waals surface area contributed by atoms with Crippen LogP contribution in [0.4, 0.5) is 5.69 Å². The fourth-order valence-electron chi connectivity index (χ4n) is 3.31. The number of carbonyl (C=O) groups excluding carboxylic acids is 1. The van der Waals surface area contributed by atoms with E-state index in [1.165, 1.54) is 18.4 Å². The van der Waals surface area contributed by atoms with Crippen molar-refractivity contribution in [2.45, 2.75) is 32.2 Å². The number of aryl methyl sites for hydroxylation is 1. The van der Waals surface area contributed by atoms with Crippen LogP contribution >= 0.6 is 0 Å². The second-order valence-corrected chi connectivity index (χ2v) is 6.14. The lowest BCUT2D eigenvalue weighted by Crippen LogP contribution is -2.66. The predicted octanol–water partition coefficient (Wildman–Crippen LogP) is 0.628. The molecule has 2 atom stereocenters. The number of anilines is 1. The maximum absolute atomic E-state index is 12.4. The molecule has 2 unspecified atom stereocenters. The van der Waals surface area contributed by atoms with Crippen LogP contribution in [0.1, 0.15) is 18.4 Å². The van der Waals surface area contributed by atoms with Gasteiger partial charge in [-0.3, -0.25) is 20.0 Å². The zero-order valence-corrected chi connectivity index (χ0v) is 12.7. The summed E-state index contributed by atoms with van der Waals surface area (Å²) in [6.45, 7) is 4.13. The fraction of sp³-hybridized carbons (Fsp3) is 0.438. The number of hydrogen-bond acceptors (Lipinski definition) is 5. The van der Waals surface area contributed by atoms with Crippen LogP contribution in [0.5, 0.6) is 0 Å². The summed E-state index contributed by atoms with van der Waals surface area (Å²) in [7, 11) is 0. The number of amides is 1. The first kappa shape index (κ1) is 13.8. The molecule has 0 saturated carbocycles. The molecule has 6 nitrogen and oxygen atoms in total. The monoisotopic (exact) mass is 299 g/mol. The zero-order valence-electron chi connectivity index (χ0n) is 12.7. The molecule has 6 heteroatoms. The lowest BCUT2D eigenvalue weighted by atomic mass is 10.2. The molecule has 1 aromatic carbocycles. The fourth-order valence-corrected chi connectivity index (χ4v) is 3.31. The maximum atomic E-state index is 12.4. The van der Waals surface area contributed by atoms with E-state index in [4.69, 9.17) is 0 Å². The number of rotatable bonds is 2. The lowest BCUT2D eigenvalue weighted by molar-refractivity contribution is -0.121. The standard InChI is InChI=1S/C16H21N5O/c1-11-5-4-6-12(9-11)21-10-13-14(19-21)17-16(18-15(13)22)20-7-2-3-8-20/h4-6,9-10,14,16-17,19H,2-3,7-8H2,1H3,(H,18,22). The van der Waals surface area contributed by atoms with Crippen LogP contribution in [0.2, 0.25) is 0 Å². The largest absolute Gasteiger partial charge is 0.324 e. The van der Waals surface area contributed by atoms with Crippen molar-refractivity contribution in [2.75, 3.05) is 18.1 Å². The van der Waals surface area contributed by atoms with Crippen molar-refractivity contribution in [1.29, 1.82) is 0 Å². The van der Waals surface area contributed by atoms with Crippen molar-refractivity contribution < 1.29 is 4.79 Å². The Morgan fingerprint density at radius 1 is 1.23 bits per heavy atom. The van der Waals surface area contributed by atoms with Gasteiger partial charge in [0.25, 0.3) is 5.91 Å². The van der Waals surface area contributed by atoms with Crippen LogP contribution < -0.4 is 21.1 Å². The van der Waals surface area contributed by atoms with Crippen LogP contribution in [0.25, 0.3) is 0 Å². The number of carbonyl (C=O) groups is 1. The Balaban J connectivity index is 1.53. The van der Waals surface area contributed by atoms with Crippen LogP contribution in [0, 0.1) is 6.92 Å². The highest BCUT2D eigenvalue weighted by atomic mass is 16.2. The predicted molar refractivity (Wildman–Crippen MR) is 84.5 cm³/mol. The van der Waals surface area contributed by atoms with Gasteiger partial charge < -0.3 is 5.32 Å². The Morgan fingerprint density at radius 3 is 2.82 bits per heavy atom. The van der Waals surface area contributed by atoms with E-state index in [9.17, 15) is 4.79 Å². The number of nitrogens with one attached hydrogen (secondary N) is 3. The SMILES string of the molecule is Cc1cccc(N2C=C3C(=O)NC(N4CCCC4)NC3N2)c1. The summed E-state index contributed by atoms with van der Waals surface area (Å²) in [5.74, 6) is 0.00306. The number of nitrogens with zero attached hydrogens (tertiary/aromatic N) is 2. The van der Waals surface area contributed by atoms with E-state index >= 15 is 0 Å². The van der Waals surface area contributed by atoms with Gasteiger partial charge in [0.2, 0.25) is 0 Å². The Hall–Kier alpha value is -1.89. The van der Waals surface area contributed by atoms with Crippen LogP contribution in [0.15, 0.2) is 36.0 Å². The molecule has 116 valence electrons. The number of benzene rings is 1. The van der Waals surface area contributed by atoms with Gasteiger partial charge in [0, 0.05) is 19.3 Å². The topological polar surface area (TPSA) is 59.6 Å². The molecular formula is C16H21N5O. The number of likely N-dealkylation sites (tertiary alicyclic amines) is 1. The van der Waals surface area contributed by atoms with Gasteiger partial charge in [-0.25, -0.2) is 5.43 Å². The summed E-state index contributed by atoms with van der Waals surface area (Å²) in [5, 5.41) is 8.45. The second kappa shape index (κ2) is 5.39. The molecule has 3 heterocycles. The number of hydrazine groups is 1. The van der Waals surface area contributed by atoms with Gasteiger partial charge in [0.05, 0.1) is 11.3 Å². The Labute approximate surface area is 130 Å². The minimum atomic E-state index is -0.139. The molecule has 2 fully saturated rings. The average molecular weight is 299 g/mol. The van der Waals surface area contributed by atoms with E-state index in [0.29, 0.717) is 0 Å². The van der Waals surface area contributed by atoms with Crippen molar-refractivity contribution in [3.63, 3.8) is 0 Å². The third-order valence-corrected chi connectivity index (χ3v) is 4.49. The van der Waals surface area contributed by atoms with Gasteiger partial charge in [-0.1, -0.05) is 12.1 Å². The zero-order chi connectivity index (χ0) is 15.1. The van der Waals surface area contributed by atoms with Gasteiger partial charge >= 0.3 is 0 Å². The maximum Gasteiger partial charge on any atom is 0.254 e. The second-order valence-electron chi connectivity index (χ2n) is 6.14. The van der Waals surface area contributed by atoms with E-state index < -0.39 is 0 Å². The molecule has 2 saturated heterocycles. The highest BCUT2D eigenvalue weighted by Gasteiger charge is 2.38. The van der Waals surface area contributed by atoms with E-state index in [1.54, 1.807) is 0 Å². The van der Waals surface area contributed by atoms with Crippen LogP contribution in [-0.4, -0.2) is 36.4 Å². The van der Waals surface area contributed by atoms with E-state index in [2.05, 4.69) is 40.0 Å². The van der Waals surface area contributed by atoms with Crippen LogP contribution in [0.3, 0.4) is 0 Å². The molecule has 4 rings (SSSR count). The number of fused-ring (bicyclic) bond motifs is 1. The smallest absolute Gasteiger partial charge is 0.254 e. The number of hydrogen-bond donors (Lipinski definition) is 3. The normalized spacial score (nSPS) is 28.5. The van der Waals surface area contributed by atoms with Crippen molar-refractivity contribution in [3.05, 3.63) is 41.6 Å². The molecule has 0 aromatic heterocycles. The van der Waals surface area contributed by atoms with E-state index in [1.807, 2.05) is 23.3 Å². The molecule has 3 aliphatic heterocycles. The summed E-state index contributed by atoms with van der Waals surface area (Å²) in [4.78, 5) is 14.7. The molecule has 3 aliphatic rings. The molecule has 0 aliphatic carbocycles. The third-order valence-electron chi connectivity index (χ3n) is 4.49. The quantitative estimate of drug-likeness (QED) is 0.748. The average Bonchev–Trinajstić information content (AvgIpc) is 3.16. The van der Waals surface area contributed by atoms with E-state index in [0.717, 1.165) is 24.4 Å². The molecule has 0 bridgehead atoms. The molecule has 1 aromatic rings. The molecule has 3 N–H and O–H groups in total. The van der Waals surface area contributed by atoms with Crippen molar-refractivity contribution in [3.8, 4) is 0 Å². The molecule has 0 spiro atoms. The highest BCUT2D eigenvalue weighted by molar-refractivity contribution is 5.96. The highest BCUT2D eigenvalue weighted by Crippen LogP contribution is 2.23. The lowest BCUT2D eigenvalue weighted by Gasteiger charge is -2.36. The summed E-state index contributed by atoms with van der Waals surface area (Å²) < 4.78 is 0. The molecule has 22 heavy (non-hydrogen) atoms. The summed E-state index contributed by atoms with van der Waals surface area (Å²) >= 11 is 0. The minimum absolute atomic E-state index is 0.00306. The first-order valence-electron chi connectivity index (χ1n) is 7.85. The van der Waals surface area contributed by atoms with Gasteiger partial charge in [-0.2, -0.15) is 0 Å². The summed E-state index contributed by atoms with van der Waals surface area (Å²) in [6, 6.07) is 8.21. The van der Waals surface area contributed by atoms with Gasteiger partial charge in [0.15, 0.2) is 0 Å². The van der Waals surface area contributed by atoms with E-state index in [-0.39, 0.29) is 18.4 Å². The van der Waals surface area contributed by atoms with Crippen molar-refractivity contribution in [1.82, 2.24) is 21.0 Å². The third kappa shape index (κ3) is 2.39. The van der Waals surface area contributed by atoms with Gasteiger partial charge in [-0.05, 0) is 37.5 Å². The molecular weight excluding hydrogens is 278 g/mol. The van der Waals surface area contributed by atoms with Crippen molar-refractivity contribution in [2.24, 2.45) is 0 Å². The van der Waals surface area contributed by atoms with Gasteiger partial charge in [0.1, 0.15) is 12.5 Å². The van der Waals surface area contributed by atoms with Gasteiger partial charge in [-0.15, -0.1) is 0 Å². The first-order chi connectivity index (χ1) is 10.7. The van der Waals surface area contributed by atoms with Crippen LogP contribution in [-0.2, 0) is 4.79 Å².